The third kappa shape index (κ3) is 3.76. The van der Waals surface area contributed by atoms with E-state index in [0.717, 1.165) is 34.2 Å². The van der Waals surface area contributed by atoms with Gasteiger partial charge in [-0.15, -0.1) is 0 Å². The molecule has 2 amide bonds. The van der Waals surface area contributed by atoms with Gasteiger partial charge in [0.1, 0.15) is 11.5 Å². The molecule has 0 radical (unpaired) electrons. The number of imide groups is 1. The molecule has 0 fully saturated rings. The maximum absolute atomic E-state index is 13.7. The van der Waals surface area contributed by atoms with Crippen molar-refractivity contribution in [2.45, 2.75) is 13.8 Å². The molecule has 0 spiro atoms. The Morgan fingerprint density at radius 2 is 1.53 bits per heavy atom. The Balaban J connectivity index is 1.87. The molecule has 32 heavy (non-hydrogen) atoms. The maximum atomic E-state index is 13.7. The smallest absolute Gasteiger partial charge is 0.282 e. The van der Waals surface area contributed by atoms with E-state index in [1.807, 2.05) is 13.0 Å². The molecule has 1 N–H and O–H groups in total. The monoisotopic (exact) mass is 456 g/mol. The van der Waals surface area contributed by atoms with Crippen LogP contribution in [0.2, 0.25) is 5.02 Å². The molecule has 4 rings (SSSR count). The highest BCUT2D eigenvalue weighted by Crippen LogP contribution is 2.36. The van der Waals surface area contributed by atoms with Gasteiger partial charge in [0.2, 0.25) is 0 Å². The molecule has 3 aromatic rings. The highest BCUT2D eigenvalue weighted by Gasteiger charge is 2.41. The molecule has 0 aliphatic carbocycles. The number of nitrogens with one attached hydrogen (secondary N) is 1. The summed E-state index contributed by atoms with van der Waals surface area (Å²) in [6, 6.07) is 11.9. The Morgan fingerprint density at radius 1 is 0.812 bits per heavy atom. The average Bonchev–Trinajstić information content (AvgIpc) is 2.97. The second-order valence-corrected chi connectivity index (χ2v) is 7.77. The van der Waals surface area contributed by atoms with Gasteiger partial charge in [-0.3, -0.25) is 9.59 Å². The van der Waals surface area contributed by atoms with Crippen LogP contribution >= 0.6 is 11.6 Å². The fourth-order valence-corrected chi connectivity index (χ4v) is 3.74. The second-order valence-electron chi connectivity index (χ2n) is 7.37. The molecule has 3 aromatic carbocycles. The van der Waals surface area contributed by atoms with Crippen molar-refractivity contribution in [3.63, 3.8) is 0 Å². The SMILES string of the molecule is Cc1ccc(C2=C(Nc3ccc(F)c(F)c3)C(=O)N(c3ccc(F)c(Cl)c3)C2=O)c(C)c1. The quantitative estimate of drug-likeness (QED) is 0.507. The molecule has 4 nitrogen and oxygen atoms in total. The summed E-state index contributed by atoms with van der Waals surface area (Å²) in [6.45, 7) is 3.68. The molecule has 1 aliphatic heterocycles. The highest BCUT2D eigenvalue weighted by molar-refractivity contribution is 6.46. The van der Waals surface area contributed by atoms with Crippen LogP contribution in [0.4, 0.5) is 24.5 Å². The molecule has 162 valence electrons. The number of hydrogen-bond donors (Lipinski definition) is 1. The first-order valence-corrected chi connectivity index (χ1v) is 9.93. The van der Waals surface area contributed by atoms with E-state index in [0.29, 0.717) is 5.56 Å². The molecule has 8 heteroatoms. The van der Waals surface area contributed by atoms with E-state index in [1.165, 1.54) is 18.2 Å². The number of halogens is 4. The summed E-state index contributed by atoms with van der Waals surface area (Å²) in [7, 11) is 0. The zero-order chi connectivity index (χ0) is 23.2. The molecule has 0 saturated carbocycles. The van der Waals surface area contributed by atoms with Crippen molar-refractivity contribution >= 4 is 40.4 Å². The number of benzene rings is 3. The van der Waals surface area contributed by atoms with Gasteiger partial charge < -0.3 is 5.32 Å². The Bertz CT molecular complexity index is 1320. The summed E-state index contributed by atoms with van der Waals surface area (Å²) in [5.74, 6) is -4.25. The Hall–Kier alpha value is -3.58. The van der Waals surface area contributed by atoms with Crippen molar-refractivity contribution in [1.29, 1.82) is 0 Å². The fraction of sp³-hybridized carbons (Fsp3) is 0.0833. The van der Waals surface area contributed by atoms with Crippen LogP contribution < -0.4 is 10.2 Å². The van der Waals surface area contributed by atoms with Crippen molar-refractivity contribution in [3.8, 4) is 0 Å². The summed E-state index contributed by atoms with van der Waals surface area (Å²) < 4.78 is 40.7. The largest absolute Gasteiger partial charge is 0.350 e. The lowest BCUT2D eigenvalue weighted by Crippen LogP contribution is -2.32. The molecule has 0 saturated heterocycles. The zero-order valence-corrected chi connectivity index (χ0v) is 17.7. The summed E-state index contributed by atoms with van der Waals surface area (Å²) in [4.78, 5) is 27.6. The van der Waals surface area contributed by atoms with Gasteiger partial charge >= 0.3 is 0 Å². The number of hydrogen-bond acceptors (Lipinski definition) is 3. The number of carbonyl (C=O) groups excluding carboxylic acids is 2. The van der Waals surface area contributed by atoms with Crippen LogP contribution in [0.5, 0.6) is 0 Å². The van der Waals surface area contributed by atoms with E-state index in [4.69, 9.17) is 11.6 Å². The first kappa shape index (κ1) is 21.6. The molecular weight excluding hydrogens is 441 g/mol. The number of carbonyl (C=O) groups is 2. The first-order valence-electron chi connectivity index (χ1n) is 9.55. The van der Waals surface area contributed by atoms with Crippen molar-refractivity contribution in [3.05, 3.63) is 99.5 Å². The zero-order valence-electron chi connectivity index (χ0n) is 17.0. The number of aryl methyl sites for hydroxylation is 2. The van der Waals surface area contributed by atoms with Crippen molar-refractivity contribution in [2.24, 2.45) is 0 Å². The van der Waals surface area contributed by atoms with Crippen LogP contribution in [-0.2, 0) is 9.59 Å². The molecular formula is C24H16ClF3N2O2. The van der Waals surface area contributed by atoms with Gasteiger partial charge in [-0.25, -0.2) is 18.1 Å². The molecule has 0 atom stereocenters. The lowest BCUT2D eigenvalue weighted by atomic mass is 9.97. The van der Waals surface area contributed by atoms with Gasteiger partial charge in [0, 0.05) is 11.8 Å². The van der Waals surface area contributed by atoms with Crippen LogP contribution in [0.3, 0.4) is 0 Å². The minimum absolute atomic E-state index is 0.0534. The van der Waals surface area contributed by atoms with Crippen LogP contribution in [-0.4, -0.2) is 11.8 Å². The van der Waals surface area contributed by atoms with Gasteiger partial charge in [-0.05, 0) is 55.3 Å². The summed E-state index contributed by atoms with van der Waals surface area (Å²) in [5, 5.41) is 2.51. The predicted octanol–water partition coefficient (Wildman–Crippen LogP) is 5.77. The van der Waals surface area contributed by atoms with E-state index in [-0.39, 0.29) is 27.7 Å². The molecule has 0 unspecified atom stereocenters. The Morgan fingerprint density at radius 3 is 2.19 bits per heavy atom. The van der Waals surface area contributed by atoms with E-state index in [9.17, 15) is 22.8 Å². The van der Waals surface area contributed by atoms with Crippen LogP contribution in [0, 0.1) is 31.3 Å². The van der Waals surface area contributed by atoms with Crippen molar-refractivity contribution < 1.29 is 22.8 Å². The van der Waals surface area contributed by atoms with Crippen molar-refractivity contribution in [1.82, 2.24) is 0 Å². The molecule has 0 aromatic heterocycles. The lowest BCUT2D eigenvalue weighted by molar-refractivity contribution is -0.120. The van der Waals surface area contributed by atoms with Gasteiger partial charge in [0.15, 0.2) is 11.6 Å². The van der Waals surface area contributed by atoms with Gasteiger partial charge in [0.25, 0.3) is 11.8 Å². The molecule has 1 aliphatic rings. The summed E-state index contributed by atoms with van der Waals surface area (Å²) in [6.07, 6.45) is 0. The lowest BCUT2D eigenvalue weighted by Gasteiger charge is -2.16. The third-order valence-corrected chi connectivity index (χ3v) is 5.38. The third-order valence-electron chi connectivity index (χ3n) is 5.09. The van der Waals surface area contributed by atoms with Gasteiger partial charge in [-0.2, -0.15) is 0 Å². The first-order chi connectivity index (χ1) is 15.2. The summed E-state index contributed by atoms with van der Waals surface area (Å²) in [5.41, 5.74) is 2.29. The van der Waals surface area contributed by atoms with Gasteiger partial charge in [-0.1, -0.05) is 35.4 Å². The average molecular weight is 457 g/mol. The number of rotatable bonds is 4. The second kappa shape index (κ2) is 8.16. The molecule has 0 bridgehead atoms. The minimum Gasteiger partial charge on any atom is -0.350 e. The Labute approximate surface area is 186 Å². The van der Waals surface area contributed by atoms with Crippen LogP contribution in [0.25, 0.3) is 5.57 Å². The fourth-order valence-electron chi connectivity index (χ4n) is 3.57. The number of anilines is 2. The number of nitrogens with zero attached hydrogens (tertiary/aromatic N) is 1. The predicted molar refractivity (Wildman–Crippen MR) is 117 cm³/mol. The topological polar surface area (TPSA) is 49.4 Å². The number of amides is 2. The van der Waals surface area contributed by atoms with E-state index < -0.39 is 29.3 Å². The minimum atomic E-state index is -1.11. The van der Waals surface area contributed by atoms with Crippen molar-refractivity contribution in [2.75, 3.05) is 10.2 Å². The maximum Gasteiger partial charge on any atom is 0.282 e. The van der Waals surface area contributed by atoms with E-state index >= 15 is 0 Å². The highest BCUT2D eigenvalue weighted by atomic mass is 35.5. The molecule has 1 heterocycles. The van der Waals surface area contributed by atoms with E-state index in [2.05, 4.69) is 5.32 Å². The summed E-state index contributed by atoms with van der Waals surface area (Å²) >= 11 is 5.85. The van der Waals surface area contributed by atoms with Crippen LogP contribution in [0.1, 0.15) is 16.7 Å². The van der Waals surface area contributed by atoms with E-state index in [1.54, 1.807) is 19.1 Å². The Kier molecular flexibility index (Phi) is 5.52. The van der Waals surface area contributed by atoms with Gasteiger partial charge in [0.05, 0.1) is 16.3 Å². The normalized spacial score (nSPS) is 13.9. The van der Waals surface area contributed by atoms with Crippen LogP contribution in [0.15, 0.2) is 60.3 Å². The standard InChI is InChI=1S/C24H16ClF3N2O2/c1-12-3-6-16(13(2)9-12)21-22(29-14-4-7-19(27)20(28)10-14)24(32)30(23(21)31)15-5-8-18(26)17(25)11-15/h3-11,29H,1-2H3.